The molecule has 3 rings (SSSR count). The molecule has 5 N–H and O–H groups in total. The van der Waals surface area contributed by atoms with Gasteiger partial charge in [0.1, 0.15) is 6.10 Å². The van der Waals surface area contributed by atoms with Crippen LogP contribution in [0.1, 0.15) is 61.3 Å². The molecule has 0 aromatic rings. The zero-order chi connectivity index (χ0) is 28.2. The third-order valence-electron chi connectivity index (χ3n) is 8.96. The molecule has 0 spiro atoms. The van der Waals surface area contributed by atoms with Crippen LogP contribution in [0.4, 0.5) is 0 Å². The Hall–Kier alpha value is -2.05. The van der Waals surface area contributed by atoms with Crippen LogP contribution in [0.3, 0.4) is 0 Å². The molecule has 0 radical (unpaired) electrons. The van der Waals surface area contributed by atoms with Crippen molar-refractivity contribution in [1.82, 2.24) is 0 Å². The second-order valence-electron chi connectivity index (χ2n) is 11.5. The maximum atomic E-state index is 12.5. The van der Waals surface area contributed by atoms with E-state index in [1.165, 1.54) is 20.8 Å². The van der Waals surface area contributed by atoms with Gasteiger partial charge in [0.25, 0.3) is 0 Å². The second-order valence-corrected chi connectivity index (χ2v) is 11.5. The maximum absolute atomic E-state index is 12.5. The highest BCUT2D eigenvalue weighted by Gasteiger charge is 2.73. The standard InChI is InChI=1S/C26H40O11/c1-11-17(32)9-26(24(5,6)34)19(11)21(36-13(3)29)23(37-14(4)30)25(7)18(35-12(2)28)8-16(31)15(10-27)20(25)22(26)33/h15-18,20-23,27,31-34H,8-10H2,1-7H3/t15-,16-,17-,18-,20-,21+,22-,23-,25+,26-/m0/s1. The van der Waals surface area contributed by atoms with Crippen molar-refractivity contribution >= 4 is 17.9 Å². The lowest BCUT2D eigenvalue weighted by Gasteiger charge is -2.57. The predicted molar refractivity (Wildman–Crippen MR) is 128 cm³/mol. The fourth-order valence-corrected chi connectivity index (χ4v) is 7.37. The Kier molecular flexibility index (Phi) is 7.91. The van der Waals surface area contributed by atoms with Gasteiger partial charge in [-0.1, -0.05) is 6.92 Å². The minimum atomic E-state index is -1.73. The van der Waals surface area contributed by atoms with E-state index in [2.05, 4.69) is 0 Å². The minimum Gasteiger partial charge on any atom is -0.462 e. The number of aliphatic hydroxyl groups is 5. The van der Waals surface area contributed by atoms with Crippen molar-refractivity contribution < 1.29 is 54.1 Å². The zero-order valence-corrected chi connectivity index (χ0v) is 22.4. The maximum Gasteiger partial charge on any atom is 0.303 e. The van der Waals surface area contributed by atoms with Crippen molar-refractivity contribution in [2.45, 2.75) is 104 Å². The Bertz CT molecular complexity index is 968. The lowest BCUT2D eigenvalue weighted by Crippen LogP contribution is -2.66. The molecule has 3 aliphatic rings. The van der Waals surface area contributed by atoms with Crippen LogP contribution in [-0.4, -0.2) is 92.3 Å². The Morgan fingerprint density at radius 1 is 1.00 bits per heavy atom. The van der Waals surface area contributed by atoms with Crippen molar-refractivity contribution in [3.63, 3.8) is 0 Å². The largest absolute Gasteiger partial charge is 0.462 e. The van der Waals surface area contributed by atoms with Gasteiger partial charge in [-0.25, -0.2) is 0 Å². The molecule has 2 saturated carbocycles. The summed E-state index contributed by atoms with van der Waals surface area (Å²) in [5.41, 5.74) is -4.36. The van der Waals surface area contributed by atoms with Crippen LogP contribution in [-0.2, 0) is 28.6 Å². The Morgan fingerprint density at radius 3 is 2.00 bits per heavy atom. The molecule has 11 nitrogen and oxygen atoms in total. The third kappa shape index (κ3) is 4.48. The molecule has 10 atom stereocenters. The highest BCUT2D eigenvalue weighted by molar-refractivity contribution is 5.69. The normalized spacial score (nSPS) is 41.8. The number of ether oxygens (including phenoxy) is 3. The molecular weight excluding hydrogens is 488 g/mol. The lowest BCUT2D eigenvalue weighted by atomic mass is 9.52. The summed E-state index contributed by atoms with van der Waals surface area (Å²) in [5.74, 6) is -4.33. The van der Waals surface area contributed by atoms with E-state index < -0.39 is 89.4 Å². The fourth-order valence-electron chi connectivity index (χ4n) is 7.37. The van der Waals surface area contributed by atoms with Gasteiger partial charge in [0, 0.05) is 45.6 Å². The molecular formula is C26H40O11. The van der Waals surface area contributed by atoms with Gasteiger partial charge >= 0.3 is 17.9 Å². The van der Waals surface area contributed by atoms with E-state index in [4.69, 9.17) is 14.2 Å². The van der Waals surface area contributed by atoms with Crippen LogP contribution in [0.5, 0.6) is 0 Å². The van der Waals surface area contributed by atoms with E-state index >= 15 is 0 Å². The summed E-state index contributed by atoms with van der Waals surface area (Å²) in [6, 6.07) is 0. The number of esters is 3. The van der Waals surface area contributed by atoms with Gasteiger partial charge in [-0.3, -0.25) is 14.4 Å². The topological polar surface area (TPSA) is 180 Å². The van der Waals surface area contributed by atoms with Crippen molar-refractivity contribution in [1.29, 1.82) is 0 Å². The number of hydrogen-bond acceptors (Lipinski definition) is 11. The van der Waals surface area contributed by atoms with Gasteiger partial charge in [0.15, 0.2) is 12.2 Å². The van der Waals surface area contributed by atoms with Crippen LogP contribution < -0.4 is 0 Å². The molecule has 11 heteroatoms. The van der Waals surface area contributed by atoms with Crippen LogP contribution in [0.15, 0.2) is 11.1 Å². The minimum absolute atomic E-state index is 0.148. The van der Waals surface area contributed by atoms with Crippen LogP contribution >= 0.6 is 0 Å². The first-order valence-corrected chi connectivity index (χ1v) is 12.5. The predicted octanol–water partition coefficient (Wildman–Crippen LogP) is -0.01000. The van der Waals surface area contributed by atoms with E-state index in [1.807, 2.05) is 0 Å². The Balaban J connectivity index is 2.50. The SMILES string of the molecule is CC(=O)O[C@@H]1C2=C(C)[C@@H](O)C[C@@]2(C(C)(C)O)[C@@H](O)[C@@H]2[C@@H](CO)[C@@H](O)C[C@H](OC(C)=O)[C@@]2(C)[C@H]1OC(C)=O. The first-order chi connectivity index (χ1) is 16.9. The Labute approximate surface area is 216 Å². The molecule has 0 heterocycles. The number of aliphatic hydroxyl groups excluding tert-OH is 4. The monoisotopic (exact) mass is 528 g/mol. The Morgan fingerprint density at radius 2 is 1.54 bits per heavy atom. The fraction of sp³-hybridized carbons (Fsp3) is 0.808. The summed E-state index contributed by atoms with van der Waals surface area (Å²) in [6.07, 6.45) is -8.14. The quantitative estimate of drug-likeness (QED) is 0.184. The summed E-state index contributed by atoms with van der Waals surface area (Å²) in [7, 11) is 0. The molecule has 0 saturated heterocycles. The van der Waals surface area contributed by atoms with Crippen molar-refractivity contribution in [3.05, 3.63) is 11.1 Å². The van der Waals surface area contributed by atoms with Gasteiger partial charge in [0.05, 0.1) is 34.7 Å². The lowest BCUT2D eigenvalue weighted by molar-refractivity contribution is -0.240. The average molecular weight is 529 g/mol. The summed E-state index contributed by atoms with van der Waals surface area (Å²) >= 11 is 0. The van der Waals surface area contributed by atoms with Crippen LogP contribution in [0.2, 0.25) is 0 Å². The highest BCUT2D eigenvalue weighted by atomic mass is 16.6. The van der Waals surface area contributed by atoms with Crippen LogP contribution in [0, 0.1) is 22.7 Å². The van der Waals surface area contributed by atoms with Crippen molar-refractivity contribution in [2.24, 2.45) is 22.7 Å². The highest BCUT2D eigenvalue weighted by Crippen LogP contribution is 2.65. The van der Waals surface area contributed by atoms with Gasteiger partial charge in [-0.15, -0.1) is 0 Å². The number of carbonyl (C=O) groups excluding carboxylic acids is 3. The average Bonchev–Trinajstić information content (AvgIpc) is 3.00. The van der Waals surface area contributed by atoms with Crippen LogP contribution in [0.25, 0.3) is 0 Å². The van der Waals surface area contributed by atoms with E-state index in [0.717, 1.165) is 13.8 Å². The van der Waals surface area contributed by atoms with E-state index in [1.54, 1.807) is 13.8 Å². The van der Waals surface area contributed by atoms with Crippen molar-refractivity contribution in [3.8, 4) is 0 Å². The third-order valence-corrected chi connectivity index (χ3v) is 8.96. The molecule has 0 aliphatic heterocycles. The molecule has 210 valence electrons. The smallest absolute Gasteiger partial charge is 0.303 e. The second kappa shape index (κ2) is 9.92. The molecule has 2 fully saturated rings. The zero-order valence-electron chi connectivity index (χ0n) is 22.4. The molecule has 0 unspecified atom stereocenters. The van der Waals surface area contributed by atoms with E-state index in [9.17, 15) is 39.9 Å². The first kappa shape index (κ1) is 29.5. The first-order valence-electron chi connectivity index (χ1n) is 12.5. The molecule has 0 bridgehead atoms. The molecule has 0 amide bonds. The summed E-state index contributed by atoms with van der Waals surface area (Å²) < 4.78 is 17.2. The number of fused-ring (bicyclic) bond motifs is 2. The summed E-state index contributed by atoms with van der Waals surface area (Å²) in [6.45, 7) is 8.98. The number of rotatable bonds is 5. The molecule has 3 aliphatic carbocycles. The summed E-state index contributed by atoms with van der Waals surface area (Å²) in [5, 5.41) is 56.3. The van der Waals surface area contributed by atoms with Gasteiger partial charge < -0.3 is 39.7 Å². The number of hydrogen-bond donors (Lipinski definition) is 5. The summed E-state index contributed by atoms with van der Waals surface area (Å²) in [4.78, 5) is 37.1. The van der Waals surface area contributed by atoms with Crippen molar-refractivity contribution in [2.75, 3.05) is 6.61 Å². The van der Waals surface area contributed by atoms with E-state index in [0.29, 0.717) is 5.57 Å². The number of carbonyl (C=O) groups is 3. The molecule has 0 aromatic carbocycles. The van der Waals surface area contributed by atoms with E-state index in [-0.39, 0.29) is 18.4 Å². The van der Waals surface area contributed by atoms with Gasteiger partial charge in [-0.2, -0.15) is 0 Å². The van der Waals surface area contributed by atoms with Gasteiger partial charge in [-0.05, 0) is 38.3 Å². The molecule has 0 aromatic heterocycles. The van der Waals surface area contributed by atoms with Gasteiger partial charge in [0.2, 0.25) is 0 Å². The molecule has 37 heavy (non-hydrogen) atoms.